The fourth-order valence-electron chi connectivity index (χ4n) is 1.93. The molecule has 0 aliphatic carbocycles. The molecule has 1 amide bonds. The SMILES string of the molecule is Cc1cccc(C(=O)N[C@@H](C)c2ccc(Br)cc2)c1Br. The van der Waals surface area contributed by atoms with Crippen LogP contribution in [0.3, 0.4) is 0 Å². The van der Waals surface area contributed by atoms with Gasteiger partial charge >= 0.3 is 0 Å². The first-order valence-electron chi connectivity index (χ1n) is 6.30. The summed E-state index contributed by atoms with van der Waals surface area (Å²) in [6.45, 7) is 3.95. The largest absolute Gasteiger partial charge is 0.345 e. The molecule has 104 valence electrons. The van der Waals surface area contributed by atoms with E-state index in [4.69, 9.17) is 0 Å². The molecule has 0 fully saturated rings. The highest BCUT2D eigenvalue weighted by molar-refractivity contribution is 9.10. The smallest absolute Gasteiger partial charge is 0.252 e. The molecule has 1 atom stereocenters. The highest BCUT2D eigenvalue weighted by Gasteiger charge is 2.14. The number of halogens is 2. The molecule has 0 saturated carbocycles. The van der Waals surface area contributed by atoms with Crippen LogP contribution in [0.25, 0.3) is 0 Å². The van der Waals surface area contributed by atoms with E-state index in [1.165, 1.54) is 0 Å². The first kappa shape index (κ1) is 15.3. The van der Waals surface area contributed by atoms with Gasteiger partial charge in [0, 0.05) is 8.95 Å². The van der Waals surface area contributed by atoms with E-state index >= 15 is 0 Å². The number of carbonyl (C=O) groups excluding carboxylic acids is 1. The number of benzene rings is 2. The lowest BCUT2D eigenvalue weighted by Gasteiger charge is -2.15. The highest BCUT2D eigenvalue weighted by atomic mass is 79.9. The Hall–Kier alpha value is -1.13. The Morgan fingerprint density at radius 2 is 1.75 bits per heavy atom. The van der Waals surface area contributed by atoms with Crippen molar-refractivity contribution in [3.63, 3.8) is 0 Å². The molecule has 2 aromatic rings. The lowest BCUT2D eigenvalue weighted by molar-refractivity contribution is 0.0939. The van der Waals surface area contributed by atoms with Gasteiger partial charge in [0.15, 0.2) is 0 Å². The lowest BCUT2D eigenvalue weighted by atomic mass is 10.1. The van der Waals surface area contributed by atoms with Gasteiger partial charge in [0.25, 0.3) is 5.91 Å². The molecule has 0 saturated heterocycles. The zero-order valence-corrected chi connectivity index (χ0v) is 14.5. The minimum absolute atomic E-state index is 0.0389. The van der Waals surface area contributed by atoms with E-state index in [1.54, 1.807) is 0 Å². The first-order chi connectivity index (χ1) is 9.49. The summed E-state index contributed by atoms with van der Waals surface area (Å²) >= 11 is 6.88. The van der Waals surface area contributed by atoms with E-state index in [9.17, 15) is 4.79 Å². The average Bonchev–Trinajstić information content (AvgIpc) is 2.42. The summed E-state index contributed by atoms with van der Waals surface area (Å²) in [4.78, 5) is 12.3. The Morgan fingerprint density at radius 3 is 2.40 bits per heavy atom. The maximum absolute atomic E-state index is 12.3. The number of nitrogens with one attached hydrogen (secondary N) is 1. The van der Waals surface area contributed by atoms with Crippen molar-refractivity contribution < 1.29 is 4.79 Å². The Morgan fingerprint density at radius 1 is 1.10 bits per heavy atom. The second-order valence-corrected chi connectivity index (χ2v) is 6.39. The molecule has 0 unspecified atom stereocenters. The van der Waals surface area contributed by atoms with Crippen LogP contribution in [0.5, 0.6) is 0 Å². The third kappa shape index (κ3) is 3.49. The molecular weight excluding hydrogens is 382 g/mol. The molecule has 2 rings (SSSR count). The van der Waals surface area contributed by atoms with Crippen LogP contribution in [0.1, 0.15) is 34.5 Å². The molecule has 1 N–H and O–H groups in total. The van der Waals surface area contributed by atoms with Crippen LogP contribution in [0.4, 0.5) is 0 Å². The van der Waals surface area contributed by atoms with Crippen molar-refractivity contribution >= 4 is 37.8 Å². The van der Waals surface area contributed by atoms with Crippen molar-refractivity contribution in [3.05, 3.63) is 68.1 Å². The van der Waals surface area contributed by atoms with Gasteiger partial charge in [0.2, 0.25) is 0 Å². The summed E-state index contributed by atoms with van der Waals surface area (Å²) in [6.07, 6.45) is 0. The predicted molar refractivity (Wildman–Crippen MR) is 88.9 cm³/mol. The standard InChI is InChI=1S/C16H15Br2NO/c1-10-4-3-5-14(15(10)18)16(20)19-11(2)12-6-8-13(17)9-7-12/h3-9,11H,1-2H3,(H,19,20)/t11-/m0/s1. The molecule has 0 bridgehead atoms. The summed E-state index contributed by atoms with van der Waals surface area (Å²) in [7, 11) is 0. The van der Waals surface area contributed by atoms with Crippen molar-refractivity contribution in [2.75, 3.05) is 0 Å². The number of rotatable bonds is 3. The molecule has 2 aromatic carbocycles. The van der Waals surface area contributed by atoms with Gasteiger partial charge in [-0.15, -0.1) is 0 Å². The maximum atomic E-state index is 12.3. The van der Waals surface area contributed by atoms with E-state index in [0.717, 1.165) is 20.1 Å². The van der Waals surface area contributed by atoms with E-state index in [0.29, 0.717) is 5.56 Å². The summed E-state index contributed by atoms with van der Waals surface area (Å²) in [6, 6.07) is 13.6. The van der Waals surface area contributed by atoms with Gasteiger partial charge in [-0.3, -0.25) is 4.79 Å². The van der Waals surface area contributed by atoms with Gasteiger partial charge in [-0.25, -0.2) is 0 Å². The van der Waals surface area contributed by atoms with Gasteiger partial charge in [-0.1, -0.05) is 40.2 Å². The van der Waals surface area contributed by atoms with Crippen LogP contribution in [0.15, 0.2) is 51.4 Å². The summed E-state index contributed by atoms with van der Waals surface area (Å²) < 4.78 is 1.88. The number of amides is 1. The molecule has 0 aliphatic rings. The van der Waals surface area contributed by atoms with E-state index < -0.39 is 0 Å². The first-order valence-corrected chi connectivity index (χ1v) is 7.89. The van der Waals surface area contributed by atoms with Crippen LogP contribution in [-0.4, -0.2) is 5.91 Å². The van der Waals surface area contributed by atoms with Crippen LogP contribution in [0, 0.1) is 6.92 Å². The van der Waals surface area contributed by atoms with Gasteiger partial charge in [0.1, 0.15) is 0 Å². The molecule has 0 heterocycles. The molecule has 0 aliphatic heterocycles. The van der Waals surface area contributed by atoms with Gasteiger partial charge < -0.3 is 5.32 Å². The predicted octanol–water partition coefficient (Wildman–Crippen LogP) is 5.01. The Labute approximate surface area is 135 Å². The van der Waals surface area contributed by atoms with Crippen molar-refractivity contribution in [3.8, 4) is 0 Å². The van der Waals surface area contributed by atoms with Gasteiger partial charge in [-0.05, 0) is 59.1 Å². The number of carbonyl (C=O) groups is 1. The number of hydrogen-bond acceptors (Lipinski definition) is 1. The average molecular weight is 397 g/mol. The Bertz CT molecular complexity index is 623. The van der Waals surface area contributed by atoms with Crippen LogP contribution < -0.4 is 5.32 Å². The zero-order valence-electron chi connectivity index (χ0n) is 11.3. The van der Waals surface area contributed by atoms with E-state index in [1.807, 2.05) is 56.3 Å². The van der Waals surface area contributed by atoms with Crippen LogP contribution in [-0.2, 0) is 0 Å². The van der Waals surface area contributed by atoms with Crippen molar-refractivity contribution in [1.29, 1.82) is 0 Å². The summed E-state index contributed by atoms with van der Waals surface area (Å²) in [5.41, 5.74) is 2.79. The number of hydrogen-bond donors (Lipinski definition) is 1. The molecule has 0 radical (unpaired) electrons. The van der Waals surface area contributed by atoms with Gasteiger partial charge in [-0.2, -0.15) is 0 Å². The third-order valence-electron chi connectivity index (χ3n) is 3.15. The second kappa shape index (κ2) is 6.55. The van der Waals surface area contributed by atoms with Crippen molar-refractivity contribution in [2.24, 2.45) is 0 Å². The van der Waals surface area contributed by atoms with Crippen molar-refractivity contribution in [1.82, 2.24) is 5.32 Å². The van der Waals surface area contributed by atoms with Crippen LogP contribution >= 0.6 is 31.9 Å². The number of aryl methyl sites for hydroxylation is 1. The fourth-order valence-corrected chi connectivity index (χ4v) is 2.64. The summed E-state index contributed by atoms with van der Waals surface area (Å²) in [5.74, 6) is -0.0732. The topological polar surface area (TPSA) is 29.1 Å². The van der Waals surface area contributed by atoms with E-state index in [2.05, 4.69) is 37.2 Å². The van der Waals surface area contributed by atoms with Gasteiger partial charge in [0.05, 0.1) is 11.6 Å². The minimum atomic E-state index is -0.0732. The van der Waals surface area contributed by atoms with Crippen LogP contribution in [0.2, 0.25) is 0 Å². The summed E-state index contributed by atoms with van der Waals surface area (Å²) in [5, 5.41) is 3.02. The lowest BCUT2D eigenvalue weighted by Crippen LogP contribution is -2.27. The fraction of sp³-hybridized carbons (Fsp3) is 0.188. The second-order valence-electron chi connectivity index (χ2n) is 4.68. The van der Waals surface area contributed by atoms with E-state index in [-0.39, 0.29) is 11.9 Å². The molecule has 0 aromatic heterocycles. The highest BCUT2D eigenvalue weighted by Crippen LogP contribution is 2.22. The quantitative estimate of drug-likeness (QED) is 0.775. The molecular formula is C16H15Br2NO. The maximum Gasteiger partial charge on any atom is 0.252 e. The zero-order chi connectivity index (χ0) is 14.7. The van der Waals surface area contributed by atoms with Crippen molar-refractivity contribution in [2.45, 2.75) is 19.9 Å². The normalized spacial score (nSPS) is 12.0. The molecule has 2 nitrogen and oxygen atoms in total. The molecule has 0 spiro atoms. The Kier molecular flexibility index (Phi) is 5.00. The monoisotopic (exact) mass is 395 g/mol. The Balaban J connectivity index is 2.15. The third-order valence-corrected chi connectivity index (χ3v) is 4.74. The minimum Gasteiger partial charge on any atom is -0.345 e. The molecule has 4 heteroatoms. The molecule has 20 heavy (non-hydrogen) atoms.